The lowest BCUT2D eigenvalue weighted by Crippen LogP contribution is -2.46. The van der Waals surface area contributed by atoms with Gasteiger partial charge in [-0.05, 0) is 69.1 Å². The van der Waals surface area contributed by atoms with Crippen LogP contribution in [0.25, 0.3) is 0 Å². The van der Waals surface area contributed by atoms with E-state index in [-0.39, 0.29) is 12.0 Å². The SMILES string of the molecule is CCC(Br)(CC)C(=O)NC(N)=O.CCCC(C#N)(CCC)c1ccc(OC)c(OC2CCCC2)c1. The van der Waals surface area contributed by atoms with Crippen molar-refractivity contribution in [1.29, 1.82) is 5.26 Å². The van der Waals surface area contributed by atoms with Crippen LogP contribution in [0.3, 0.4) is 0 Å². The Balaban J connectivity index is 0.000000434. The molecule has 0 heterocycles. The monoisotopic (exact) mass is 551 g/mol. The zero-order valence-corrected chi connectivity index (χ0v) is 23.5. The van der Waals surface area contributed by atoms with E-state index < -0.39 is 15.8 Å². The van der Waals surface area contributed by atoms with Gasteiger partial charge in [-0.15, -0.1) is 0 Å². The highest BCUT2D eigenvalue weighted by molar-refractivity contribution is 9.10. The van der Waals surface area contributed by atoms with Crippen LogP contribution in [0.1, 0.15) is 97.5 Å². The van der Waals surface area contributed by atoms with E-state index in [0.29, 0.717) is 12.8 Å². The Morgan fingerprint density at radius 1 is 1.11 bits per heavy atom. The summed E-state index contributed by atoms with van der Waals surface area (Å²) >= 11 is 3.26. The van der Waals surface area contributed by atoms with Crippen LogP contribution in [0, 0.1) is 11.3 Å². The van der Waals surface area contributed by atoms with Gasteiger partial charge < -0.3 is 15.2 Å². The number of ether oxygens (including phenoxy) is 2. The third-order valence-corrected chi connectivity index (χ3v) is 8.13. The van der Waals surface area contributed by atoms with Crippen LogP contribution in [0.2, 0.25) is 0 Å². The number of nitrogens with one attached hydrogen (secondary N) is 1. The summed E-state index contributed by atoms with van der Waals surface area (Å²) in [4.78, 5) is 21.6. The van der Waals surface area contributed by atoms with Crippen LogP contribution in [0.15, 0.2) is 18.2 Å². The molecule has 8 heteroatoms. The van der Waals surface area contributed by atoms with Crippen molar-refractivity contribution in [1.82, 2.24) is 5.32 Å². The summed E-state index contributed by atoms with van der Waals surface area (Å²) in [6.07, 6.45) is 9.97. The summed E-state index contributed by atoms with van der Waals surface area (Å²) in [6, 6.07) is 7.82. The maximum atomic E-state index is 11.3. The number of amides is 3. The molecule has 0 saturated heterocycles. The molecule has 0 aliphatic heterocycles. The minimum absolute atomic E-state index is 0.285. The van der Waals surface area contributed by atoms with Crippen LogP contribution < -0.4 is 20.5 Å². The van der Waals surface area contributed by atoms with Crippen molar-refractivity contribution < 1.29 is 19.1 Å². The molecule has 1 fully saturated rings. The molecule has 1 aromatic rings. The van der Waals surface area contributed by atoms with Crippen molar-refractivity contribution >= 4 is 27.9 Å². The molecule has 196 valence electrons. The van der Waals surface area contributed by atoms with Crippen LogP contribution in [0.5, 0.6) is 11.5 Å². The standard InChI is InChI=1S/C20H29NO2.C7H13BrN2O2/c1-4-12-20(15-21,13-5-2)16-10-11-18(22-3)19(14-16)23-17-8-6-7-9-17;1-3-7(8,4-2)5(11)10-6(9)12/h10-11,14,17H,4-9,12-13H2,1-3H3;3-4H2,1-2H3,(H3,9,10,11,12). The number of alkyl halides is 1. The Morgan fingerprint density at radius 2 is 1.69 bits per heavy atom. The molecule has 3 amide bonds. The Kier molecular flexibility index (Phi) is 13.2. The van der Waals surface area contributed by atoms with Gasteiger partial charge in [0.2, 0.25) is 5.91 Å². The molecule has 0 atom stereocenters. The molecule has 0 bridgehead atoms. The zero-order chi connectivity index (χ0) is 26.5. The normalized spacial score (nSPS) is 13.9. The second-order valence-corrected chi connectivity index (χ2v) is 10.6. The van der Waals surface area contributed by atoms with Crippen molar-refractivity contribution in [2.45, 2.75) is 108 Å². The van der Waals surface area contributed by atoms with Crippen molar-refractivity contribution in [3.63, 3.8) is 0 Å². The van der Waals surface area contributed by atoms with E-state index in [1.54, 1.807) is 7.11 Å². The number of nitrogens with two attached hydrogens (primary N) is 1. The molecular formula is C27H42BrN3O4. The predicted molar refractivity (Wildman–Crippen MR) is 143 cm³/mol. The van der Waals surface area contributed by atoms with Crippen molar-refractivity contribution in [3.05, 3.63) is 23.8 Å². The lowest BCUT2D eigenvalue weighted by atomic mass is 9.74. The number of rotatable bonds is 11. The molecule has 1 saturated carbocycles. The number of halogens is 1. The van der Waals surface area contributed by atoms with Crippen molar-refractivity contribution in [2.24, 2.45) is 5.73 Å². The average Bonchev–Trinajstić information content (AvgIpc) is 3.36. The third kappa shape index (κ3) is 8.71. The lowest BCUT2D eigenvalue weighted by Gasteiger charge is -2.27. The van der Waals surface area contributed by atoms with E-state index in [0.717, 1.165) is 55.6 Å². The number of methoxy groups -OCH3 is 1. The number of primary amides is 1. The molecule has 0 spiro atoms. The van der Waals surface area contributed by atoms with Gasteiger partial charge in [0.05, 0.1) is 24.7 Å². The first-order valence-electron chi connectivity index (χ1n) is 12.7. The minimum atomic E-state index is -0.814. The van der Waals surface area contributed by atoms with E-state index in [1.165, 1.54) is 12.8 Å². The van der Waals surface area contributed by atoms with Gasteiger partial charge in [0.25, 0.3) is 0 Å². The maximum absolute atomic E-state index is 11.3. The highest BCUT2D eigenvalue weighted by atomic mass is 79.9. The highest BCUT2D eigenvalue weighted by Crippen LogP contribution is 2.40. The molecule has 0 unspecified atom stereocenters. The number of benzene rings is 1. The quantitative estimate of drug-likeness (QED) is 0.304. The molecular weight excluding hydrogens is 510 g/mol. The van der Waals surface area contributed by atoms with E-state index in [4.69, 9.17) is 15.2 Å². The van der Waals surface area contributed by atoms with Gasteiger partial charge in [-0.3, -0.25) is 10.1 Å². The molecule has 3 N–H and O–H groups in total. The number of nitriles is 1. The van der Waals surface area contributed by atoms with Crippen LogP contribution >= 0.6 is 15.9 Å². The summed E-state index contributed by atoms with van der Waals surface area (Å²) in [5.74, 6) is 1.18. The van der Waals surface area contributed by atoms with Crippen LogP contribution in [-0.4, -0.2) is 29.5 Å². The highest BCUT2D eigenvalue weighted by Gasteiger charge is 2.33. The van der Waals surface area contributed by atoms with E-state index in [9.17, 15) is 14.9 Å². The first kappa shape index (κ1) is 30.8. The minimum Gasteiger partial charge on any atom is -0.493 e. The first-order chi connectivity index (χ1) is 16.6. The van der Waals surface area contributed by atoms with Crippen LogP contribution in [0.4, 0.5) is 4.79 Å². The van der Waals surface area contributed by atoms with Gasteiger partial charge in [0.15, 0.2) is 11.5 Å². The van der Waals surface area contributed by atoms with Gasteiger partial charge in [-0.2, -0.15) is 5.26 Å². The summed E-state index contributed by atoms with van der Waals surface area (Å²) in [5.41, 5.74) is 5.46. The molecule has 0 radical (unpaired) electrons. The van der Waals surface area contributed by atoms with Crippen LogP contribution in [-0.2, 0) is 10.2 Å². The number of hydrogen-bond acceptors (Lipinski definition) is 5. The molecule has 0 aromatic heterocycles. The number of carbonyl (C=O) groups is 2. The second kappa shape index (κ2) is 15.0. The first-order valence-corrected chi connectivity index (χ1v) is 13.5. The van der Waals surface area contributed by atoms with E-state index >= 15 is 0 Å². The number of urea groups is 1. The Bertz CT molecular complexity index is 852. The van der Waals surface area contributed by atoms with Gasteiger partial charge in [0.1, 0.15) is 4.32 Å². The fraction of sp³-hybridized carbons (Fsp3) is 0.667. The molecule has 35 heavy (non-hydrogen) atoms. The topological polar surface area (TPSA) is 114 Å². The van der Waals surface area contributed by atoms with Gasteiger partial charge in [0, 0.05) is 0 Å². The van der Waals surface area contributed by atoms with Crippen molar-refractivity contribution in [3.8, 4) is 17.6 Å². The van der Waals surface area contributed by atoms with E-state index in [1.807, 2.05) is 37.4 Å². The lowest BCUT2D eigenvalue weighted by molar-refractivity contribution is -0.122. The molecule has 1 aromatic carbocycles. The Morgan fingerprint density at radius 3 is 2.11 bits per heavy atom. The summed E-state index contributed by atoms with van der Waals surface area (Å²) in [5, 5.41) is 11.9. The van der Waals surface area contributed by atoms with E-state index in [2.05, 4.69) is 35.8 Å². The number of hydrogen-bond donors (Lipinski definition) is 2. The van der Waals surface area contributed by atoms with Gasteiger partial charge >= 0.3 is 6.03 Å². The second-order valence-electron chi connectivity index (χ2n) is 9.07. The van der Waals surface area contributed by atoms with Gasteiger partial charge in [-0.1, -0.05) is 62.5 Å². The number of imide groups is 1. The molecule has 1 aliphatic carbocycles. The largest absolute Gasteiger partial charge is 0.493 e. The number of carbonyl (C=O) groups excluding carboxylic acids is 2. The average molecular weight is 553 g/mol. The Hall–Kier alpha value is -2.27. The summed E-state index contributed by atoms with van der Waals surface area (Å²) in [7, 11) is 1.67. The predicted octanol–water partition coefficient (Wildman–Crippen LogP) is 6.51. The fourth-order valence-corrected chi connectivity index (χ4v) is 4.59. The number of nitrogens with zero attached hydrogens (tertiary/aromatic N) is 1. The molecule has 7 nitrogen and oxygen atoms in total. The smallest absolute Gasteiger partial charge is 0.318 e. The molecule has 2 rings (SSSR count). The zero-order valence-electron chi connectivity index (χ0n) is 21.9. The van der Waals surface area contributed by atoms with Crippen molar-refractivity contribution in [2.75, 3.05) is 7.11 Å². The summed E-state index contributed by atoms with van der Waals surface area (Å²) in [6.45, 7) is 8.00. The Labute approximate surface area is 219 Å². The fourth-order valence-electron chi connectivity index (χ4n) is 4.49. The van der Waals surface area contributed by atoms with Gasteiger partial charge in [-0.25, -0.2) is 4.79 Å². The third-order valence-electron chi connectivity index (χ3n) is 6.64. The summed E-state index contributed by atoms with van der Waals surface area (Å²) < 4.78 is 11.0. The molecule has 1 aliphatic rings. The maximum Gasteiger partial charge on any atom is 0.318 e.